The van der Waals surface area contributed by atoms with Crippen molar-refractivity contribution >= 4 is 5.91 Å². The van der Waals surface area contributed by atoms with Crippen LogP contribution in [0.3, 0.4) is 0 Å². The molecule has 104 valence electrons. The minimum atomic E-state index is 0.0791. The van der Waals surface area contributed by atoms with Gasteiger partial charge in [0.2, 0.25) is 5.91 Å². The van der Waals surface area contributed by atoms with Crippen molar-refractivity contribution in [3.05, 3.63) is 0 Å². The molecule has 0 radical (unpaired) electrons. The van der Waals surface area contributed by atoms with Gasteiger partial charge in [0.05, 0.1) is 12.2 Å². The van der Waals surface area contributed by atoms with Crippen LogP contribution in [0.5, 0.6) is 0 Å². The highest BCUT2D eigenvalue weighted by Crippen LogP contribution is 2.42. The highest BCUT2D eigenvalue weighted by molar-refractivity contribution is 5.85. The second-order valence-corrected chi connectivity index (χ2v) is 6.27. The summed E-state index contributed by atoms with van der Waals surface area (Å²) in [7, 11) is 0. The summed E-state index contributed by atoms with van der Waals surface area (Å²) in [5.74, 6) is 1.61. The van der Waals surface area contributed by atoms with Gasteiger partial charge in [0.15, 0.2) is 0 Å². The number of nitrogens with one attached hydrogen (secondary N) is 1. The lowest BCUT2D eigenvalue weighted by atomic mass is 10.1. The molecule has 4 unspecified atom stereocenters. The lowest BCUT2D eigenvalue weighted by Crippen LogP contribution is -2.43. The molecule has 1 N–H and O–H groups in total. The summed E-state index contributed by atoms with van der Waals surface area (Å²) in [6.07, 6.45) is 5.99. The van der Waals surface area contributed by atoms with Crippen molar-refractivity contribution in [3.63, 3.8) is 0 Å². The van der Waals surface area contributed by atoms with Crippen LogP contribution < -0.4 is 5.32 Å². The van der Waals surface area contributed by atoms with Crippen LogP contribution in [0.1, 0.15) is 59.8 Å². The smallest absolute Gasteiger partial charge is 0.241 e. The van der Waals surface area contributed by atoms with E-state index >= 15 is 0 Å². The summed E-state index contributed by atoms with van der Waals surface area (Å²) < 4.78 is 0. The molecule has 3 nitrogen and oxygen atoms in total. The minimum absolute atomic E-state index is 0.0791. The molecule has 0 aromatic carbocycles. The maximum absolute atomic E-state index is 12.5. The van der Waals surface area contributed by atoms with Crippen LogP contribution >= 0.6 is 0 Å². The van der Waals surface area contributed by atoms with Crippen molar-refractivity contribution in [2.24, 2.45) is 11.8 Å². The van der Waals surface area contributed by atoms with Crippen molar-refractivity contribution < 1.29 is 4.79 Å². The second-order valence-electron chi connectivity index (χ2n) is 6.27. The third kappa shape index (κ3) is 2.56. The predicted octanol–water partition coefficient (Wildman–Crippen LogP) is 2.76. The lowest BCUT2D eigenvalue weighted by molar-refractivity contribution is -0.131. The number of hydrogen-bond acceptors (Lipinski definition) is 2. The third-order valence-electron chi connectivity index (χ3n) is 4.47. The van der Waals surface area contributed by atoms with E-state index in [0.29, 0.717) is 17.9 Å². The molecule has 0 aromatic heterocycles. The molecule has 4 atom stereocenters. The van der Waals surface area contributed by atoms with Crippen molar-refractivity contribution in [2.45, 2.75) is 78.0 Å². The largest absolute Gasteiger partial charge is 0.322 e. The minimum Gasteiger partial charge on any atom is -0.322 e. The highest BCUT2D eigenvalue weighted by atomic mass is 16.2. The molecule has 2 fully saturated rings. The zero-order valence-corrected chi connectivity index (χ0v) is 12.3. The molecule has 0 spiro atoms. The lowest BCUT2D eigenvalue weighted by Gasteiger charge is -2.27. The van der Waals surface area contributed by atoms with Crippen LogP contribution in [0.2, 0.25) is 0 Å². The fourth-order valence-electron chi connectivity index (χ4n) is 3.18. The summed E-state index contributed by atoms with van der Waals surface area (Å²) in [4.78, 5) is 14.7. The summed E-state index contributed by atoms with van der Waals surface area (Å²) in [6.45, 7) is 8.84. The van der Waals surface area contributed by atoms with Crippen LogP contribution in [0.4, 0.5) is 0 Å². The van der Waals surface area contributed by atoms with Gasteiger partial charge in [0, 0.05) is 6.04 Å². The van der Waals surface area contributed by atoms with E-state index in [9.17, 15) is 4.79 Å². The van der Waals surface area contributed by atoms with Gasteiger partial charge in [-0.1, -0.05) is 47.0 Å². The summed E-state index contributed by atoms with van der Waals surface area (Å²) >= 11 is 0. The van der Waals surface area contributed by atoms with Gasteiger partial charge in [0.25, 0.3) is 0 Å². The van der Waals surface area contributed by atoms with Crippen molar-refractivity contribution in [1.82, 2.24) is 10.2 Å². The molecule has 1 heterocycles. The molecule has 2 aliphatic rings. The Morgan fingerprint density at radius 2 is 2.11 bits per heavy atom. The van der Waals surface area contributed by atoms with Crippen LogP contribution in [0.25, 0.3) is 0 Å². The van der Waals surface area contributed by atoms with E-state index < -0.39 is 0 Å². The Bertz CT molecular complexity index is 303. The molecule has 1 saturated heterocycles. The molecule has 18 heavy (non-hydrogen) atoms. The molecular weight excluding hydrogens is 224 g/mol. The van der Waals surface area contributed by atoms with Crippen molar-refractivity contribution in [1.29, 1.82) is 0 Å². The topological polar surface area (TPSA) is 32.3 Å². The molecular formula is C15H28N2O. The highest BCUT2D eigenvalue weighted by Gasteiger charge is 2.51. The van der Waals surface area contributed by atoms with Gasteiger partial charge in [-0.05, 0) is 24.7 Å². The van der Waals surface area contributed by atoms with E-state index in [-0.39, 0.29) is 12.2 Å². The fraction of sp³-hybridized carbons (Fsp3) is 0.933. The van der Waals surface area contributed by atoms with E-state index in [4.69, 9.17) is 0 Å². The van der Waals surface area contributed by atoms with Crippen LogP contribution in [-0.4, -0.2) is 29.1 Å². The molecule has 1 aliphatic heterocycles. The van der Waals surface area contributed by atoms with E-state index in [1.54, 1.807) is 0 Å². The first-order chi connectivity index (χ1) is 8.60. The third-order valence-corrected chi connectivity index (χ3v) is 4.47. The number of unbranched alkanes of at least 4 members (excludes halogenated alkanes) is 1. The number of hydrogen-bond donors (Lipinski definition) is 1. The Morgan fingerprint density at radius 1 is 1.39 bits per heavy atom. The monoisotopic (exact) mass is 252 g/mol. The van der Waals surface area contributed by atoms with Crippen LogP contribution in [0, 0.1) is 11.8 Å². The Balaban J connectivity index is 2.03. The Labute approximate surface area is 111 Å². The number of carbonyl (C=O) groups excluding carboxylic acids is 1. The standard InChI is InChI=1S/C15H28N2O/c1-5-7-8-12-15(18)17(13-9-11(13)6-2)14(16-12)10(3)4/h10-14,16H,5-9H2,1-4H3. The summed E-state index contributed by atoms with van der Waals surface area (Å²) in [5, 5.41) is 3.57. The predicted molar refractivity (Wildman–Crippen MR) is 74.1 cm³/mol. The second kappa shape index (κ2) is 5.60. The van der Waals surface area contributed by atoms with Gasteiger partial charge in [-0.25, -0.2) is 0 Å². The zero-order chi connectivity index (χ0) is 13.3. The molecule has 1 saturated carbocycles. The van der Waals surface area contributed by atoms with Gasteiger partial charge >= 0.3 is 0 Å². The molecule has 2 rings (SSSR count). The number of carbonyl (C=O) groups is 1. The number of amides is 1. The molecule has 0 aromatic rings. The normalized spacial score (nSPS) is 35.6. The van der Waals surface area contributed by atoms with Gasteiger partial charge in [-0.2, -0.15) is 0 Å². The van der Waals surface area contributed by atoms with Gasteiger partial charge in [-0.15, -0.1) is 0 Å². The quantitative estimate of drug-likeness (QED) is 0.788. The first-order valence-corrected chi connectivity index (χ1v) is 7.68. The number of nitrogens with zero attached hydrogens (tertiary/aromatic N) is 1. The van der Waals surface area contributed by atoms with E-state index in [1.807, 2.05) is 0 Å². The van der Waals surface area contributed by atoms with Gasteiger partial charge < -0.3 is 4.90 Å². The zero-order valence-electron chi connectivity index (χ0n) is 12.3. The Morgan fingerprint density at radius 3 is 2.61 bits per heavy atom. The van der Waals surface area contributed by atoms with Crippen molar-refractivity contribution in [3.8, 4) is 0 Å². The van der Waals surface area contributed by atoms with Crippen LogP contribution in [0.15, 0.2) is 0 Å². The van der Waals surface area contributed by atoms with Crippen molar-refractivity contribution in [2.75, 3.05) is 0 Å². The average molecular weight is 252 g/mol. The Hall–Kier alpha value is -0.570. The first-order valence-electron chi connectivity index (χ1n) is 7.68. The molecule has 3 heteroatoms. The SMILES string of the molecule is CCCCC1NC(C(C)C)N(C2CC2CC)C1=O. The molecule has 1 amide bonds. The summed E-state index contributed by atoms with van der Waals surface area (Å²) in [6, 6.07) is 0.601. The fourth-order valence-corrected chi connectivity index (χ4v) is 3.18. The van der Waals surface area contributed by atoms with E-state index in [0.717, 1.165) is 18.8 Å². The summed E-state index contributed by atoms with van der Waals surface area (Å²) in [5.41, 5.74) is 0. The van der Waals surface area contributed by atoms with Crippen LogP contribution in [-0.2, 0) is 4.79 Å². The van der Waals surface area contributed by atoms with Gasteiger partial charge in [0.1, 0.15) is 0 Å². The maximum atomic E-state index is 12.5. The molecule has 0 bridgehead atoms. The first kappa shape index (κ1) is 13.9. The molecule has 1 aliphatic carbocycles. The van der Waals surface area contributed by atoms with E-state index in [2.05, 4.69) is 37.9 Å². The number of rotatable bonds is 6. The average Bonchev–Trinajstić information content (AvgIpc) is 3.04. The van der Waals surface area contributed by atoms with E-state index in [1.165, 1.54) is 19.3 Å². The van der Waals surface area contributed by atoms with Gasteiger partial charge in [-0.3, -0.25) is 10.1 Å². The maximum Gasteiger partial charge on any atom is 0.241 e. The Kier molecular flexibility index (Phi) is 4.31.